The van der Waals surface area contributed by atoms with Gasteiger partial charge in [0.05, 0.1) is 0 Å². The van der Waals surface area contributed by atoms with Crippen LogP contribution < -0.4 is 5.32 Å². The van der Waals surface area contributed by atoms with Crippen LogP contribution in [0.15, 0.2) is 0 Å². The lowest BCUT2D eigenvalue weighted by Gasteiger charge is -2.23. The van der Waals surface area contributed by atoms with E-state index in [9.17, 15) is 0 Å². The molecule has 0 aliphatic carbocycles. The van der Waals surface area contributed by atoms with E-state index in [1.807, 2.05) is 0 Å². The molecule has 0 aromatic carbocycles. The molecule has 1 fully saturated rings. The Morgan fingerprint density at radius 3 is 2.67 bits per heavy atom. The molecule has 0 bridgehead atoms. The van der Waals surface area contributed by atoms with Crippen molar-refractivity contribution in [2.75, 3.05) is 13.1 Å². The average Bonchev–Trinajstić information content (AvgIpc) is 2.03. The highest BCUT2D eigenvalue weighted by atomic mass is 35.5. The Morgan fingerprint density at radius 2 is 2.17 bits per heavy atom. The van der Waals surface area contributed by atoms with Gasteiger partial charge in [-0.2, -0.15) is 0 Å². The predicted molar refractivity (Wildman–Crippen MR) is 56.9 cm³/mol. The van der Waals surface area contributed by atoms with Crippen LogP contribution in [0.3, 0.4) is 0 Å². The lowest BCUT2D eigenvalue weighted by atomic mass is 9.92. The number of rotatable bonds is 3. The summed E-state index contributed by atoms with van der Waals surface area (Å²) < 4.78 is 0. The summed E-state index contributed by atoms with van der Waals surface area (Å²) in [6.45, 7) is 7.15. The largest absolute Gasteiger partial charge is 0.316 e. The summed E-state index contributed by atoms with van der Waals surface area (Å²) in [4.78, 5) is 0. The molecule has 1 heterocycles. The molecule has 1 unspecified atom stereocenters. The normalized spacial score (nSPS) is 23.8. The molecule has 1 nitrogen and oxygen atoms in total. The minimum Gasteiger partial charge on any atom is -0.316 e. The topological polar surface area (TPSA) is 12.0 Å². The fraction of sp³-hybridized carbons (Fsp3) is 1.00. The molecule has 74 valence electrons. The van der Waals surface area contributed by atoms with Crippen molar-refractivity contribution in [1.29, 1.82) is 0 Å². The predicted octanol–water partition coefficient (Wildman–Crippen LogP) is 2.84. The first-order chi connectivity index (χ1) is 5.29. The van der Waals surface area contributed by atoms with Crippen molar-refractivity contribution < 1.29 is 0 Å². The van der Waals surface area contributed by atoms with Gasteiger partial charge in [0.15, 0.2) is 0 Å². The second-order valence-electron chi connectivity index (χ2n) is 4.18. The Kier molecular flexibility index (Phi) is 6.87. The van der Waals surface area contributed by atoms with Gasteiger partial charge in [-0.25, -0.2) is 0 Å². The molecule has 0 aromatic heterocycles. The van der Waals surface area contributed by atoms with Gasteiger partial charge in [-0.3, -0.25) is 0 Å². The van der Waals surface area contributed by atoms with E-state index in [4.69, 9.17) is 0 Å². The van der Waals surface area contributed by atoms with Crippen LogP contribution in [-0.4, -0.2) is 13.1 Å². The van der Waals surface area contributed by atoms with E-state index in [0.29, 0.717) is 0 Å². The first kappa shape index (κ1) is 12.2. The van der Waals surface area contributed by atoms with E-state index >= 15 is 0 Å². The van der Waals surface area contributed by atoms with Crippen LogP contribution in [0.4, 0.5) is 0 Å². The van der Waals surface area contributed by atoms with Gasteiger partial charge in [0.2, 0.25) is 0 Å². The number of nitrogens with one attached hydrogen (secondary N) is 1. The standard InChI is InChI=1S/C10H21N.ClH/c1-9(2)5-6-10-4-3-7-11-8-10;/h9-11H,3-8H2,1-2H3;1H. The minimum atomic E-state index is 0. The molecule has 1 rings (SSSR count). The summed E-state index contributed by atoms with van der Waals surface area (Å²) >= 11 is 0. The second-order valence-corrected chi connectivity index (χ2v) is 4.18. The van der Waals surface area contributed by atoms with Crippen molar-refractivity contribution >= 4 is 12.4 Å². The van der Waals surface area contributed by atoms with Gasteiger partial charge in [-0.1, -0.05) is 20.3 Å². The smallest absolute Gasteiger partial charge is 0.00205 e. The lowest BCUT2D eigenvalue weighted by Crippen LogP contribution is -2.29. The molecule has 0 spiro atoms. The minimum absolute atomic E-state index is 0. The highest BCUT2D eigenvalue weighted by Gasteiger charge is 2.12. The maximum atomic E-state index is 3.46. The van der Waals surface area contributed by atoms with Crippen molar-refractivity contribution in [3.63, 3.8) is 0 Å². The maximum absolute atomic E-state index is 3.46. The van der Waals surface area contributed by atoms with Crippen LogP contribution >= 0.6 is 12.4 Å². The van der Waals surface area contributed by atoms with Crippen molar-refractivity contribution in [1.82, 2.24) is 5.32 Å². The Bertz CT molecular complexity index is 98.0. The van der Waals surface area contributed by atoms with Crippen molar-refractivity contribution in [2.45, 2.75) is 39.5 Å². The third kappa shape index (κ3) is 5.00. The summed E-state index contributed by atoms with van der Waals surface area (Å²) in [7, 11) is 0. The molecule has 1 atom stereocenters. The molecule has 0 radical (unpaired) electrons. The third-order valence-electron chi connectivity index (χ3n) is 2.55. The summed E-state index contributed by atoms with van der Waals surface area (Å²) in [5, 5.41) is 3.46. The van der Waals surface area contributed by atoms with Crippen molar-refractivity contribution in [2.24, 2.45) is 11.8 Å². The monoisotopic (exact) mass is 191 g/mol. The summed E-state index contributed by atoms with van der Waals surface area (Å²) in [6.07, 6.45) is 5.69. The molecule has 0 saturated carbocycles. The zero-order valence-corrected chi connectivity index (χ0v) is 9.12. The lowest BCUT2D eigenvalue weighted by molar-refractivity contribution is 0.334. The molecular formula is C10H22ClN. The number of hydrogen-bond acceptors (Lipinski definition) is 1. The van der Waals surface area contributed by atoms with E-state index in [-0.39, 0.29) is 12.4 Å². The zero-order chi connectivity index (χ0) is 8.10. The Hall–Kier alpha value is 0.250. The van der Waals surface area contributed by atoms with Crippen LogP contribution in [0, 0.1) is 11.8 Å². The van der Waals surface area contributed by atoms with Crippen molar-refractivity contribution in [3.05, 3.63) is 0 Å². The summed E-state index contributed by atoms with van der Waals surface area (Å²) in [5.74, 6) is 1.86. The van der Waals surface area contributed by atoms with Gasteiger partial charge in [-0.05, 0) is 44.2 Å². The van der Waals surface area contributed by atoms with Crippen LogP contribution in [0.1, 0.15) is 39.5 Å². The molecule has 2 heteroatoms. The Balaban J connectivity index is 0.00000121. The van der Waals surface area contributed by atoms with Gasteiger partial charge in [0.25, 0.3) is 0 Å². The average molecular weight is 192 g/mol. The van der Waals surface area contributed by atoms with E-state index in [1.54, 1.807) is 0 Å². The van der Waals surface area contributed by atoms with E-state index in [0.717, 1.165) is 11.8 Å². The quantitative estimate of drug-likeness (QED) is 0.724. The van der Waals surface area contributed by atoms with Crippen LogP contribution in [-0.2, 0) is 0 Å². The van der Waals surface area contributed by atoms with Gasteiger partial charge >= 0.3 is 0 Å². The third-order valence-corrected chi connectivity index (χ3v) is 2.55. The highest BCUT2D eigenvalue weighted by molar-refractivity contribution is 5.85. The highest BCUT2D eigenvalue weighted by Crippen LogP contribution is 2.18. The SMILES string of the molecule is CC(C)CCC1CCCNC1.Cl. The molecule has 1 aliphatic rings. The molecule has 1 saturated heterocycles. The first-order valence-corrected chi connectivity index (χ1v) is 4.99. The molecule has 12 heavy (non-hydrogen) atoms. The van der Waals surface area contributed by atoms with Crippen LogP contribution in [0.5, 0.6) is 0 Å². The molecule has 0 amide bonds. The zero-order valence-electron chi connectivity index (χ0n) is 8.31. The fourth-order valence-electron chi connectivity index (χ4n) is 1.74. The molecular weight excluding hydrogens is 170 g/mol. The van der Waals surface area contributed by atoms with E-state index < -0.39 is 0 Å². The van der Waals surface area contributed by atoms with Crippen LogP contribution in [0.25, 0.3) is 0 Å². The second kappa shape index (κ2) is 6.73. The summed E-state index contributed by atoms with van der Waals surface area (Å²) in [6, 6.07) is 0. The molecule has 0 aromatic rings. The number of halogens is 1. The Labute approximate surface area is 82.7 Å². The number of piperidine rings is 1. The first-order valence-electron chi connectivity index (χ1n) is 4.99. The van der Waals surface area contributed by atoms with Crippen LogP contribution in [0.2, 0.25) is 0 Å². The van der Waals surface area contributed by atoms with E-state index in [1.165, 1.54) is 38.8 Å². The van der Waals surface area contributed by atoms with E-state index in [2.05, 4.69) is 19.2 Å². The van der Waals surface area contributed by atoms with Crippen molar-refractivity contribution in [3.8, 4) is 0 Å². The Morgan fingerprint density at radius 1 is 1.42 bits per heavy atom. The fourth-order valence-corrected chi connectivity index (χ4v) is 1.74. The molecule has 1 N–H and O–H groups in total. The number of hydrogen-bond donors (Lipinski definition) is 1. The summed E-state index contributed by atoms with van der Waals surface area (Å²) in [5.41, 5.74) is 0. The van der Waals surface area contributed by atoms with Gasteiger partial charge in [0, 0.05) is 0 Å². The van der Waals surface area contributed by atoms with Gasteiger partial charge < -0.3 is 5.32 Å². The van der Waals surface area contributed by atoms with Gasteiger partial charge in [0.1, 0.15) is 0 Å². The maximum Gasteiger partial charge on any atom is -0.00205 e. The molecule has 1 aliphatic heterocycles. The van der Waals surface area contributed by atoms with Gasteiger partial charge in [-0.15, -0.1) is 12.4 Å².